The lowest BCUT2D eigenvalue weighted by Crippen LogP contribution is -2.39. The highest BCUT2D eigenvalue weighted by atomic mass is 16.5. The van der Waals surface area contributed by atoms with Gasteiger partial charge in [0.1, 0.15) is 0 Å². The largest absolute Gasteiger partial charge is 0.493 e. The zero-order valence-corrected chi connectivity index (χ0v) is 16.5. The number of carbonyl (C=O) groups excluding carboxylic acids is 1. The minimum atomic E-state index is -0.554. The van der Waals surface area contributed by atoms with Gasteiger partial charge in [-0.05, 0) is 67.9 Å². The number of nitrogens with one attached hydrogen (secondary N) is 1. The Hall–Kier alpha value is -2.49. The number of carbonyl (C=O) groups is 1. The van der Waals surface area contributed by atoms with Crippen molar-refractivity contribution in [3.63, 3.8) is 0 Å². The monoisotopic (exact) mass is 367 g/mol. The van der Waals surface area contributed by atoms with Gasteiger partial charge in [-0.3, -0.25) is 4.79 Å². The summed E-state index contributed by atoms with van der Waals surface area (Å²) in [5, 5.41) is 3.11. The molecule has 4 nitrogen and oxygen atoms in total. The van der Waals surface area contributed by atoms with E-state index in [1.165, 1.54) is 30.4 Å². The Kier molecular flexibility index (Phi) is 6.38. The van der Waals surface area contributed by atoms with Crippen molar-refractivity contribution in [2.45, 2.75) is 58.1 Å². The van der Waals surface area contributed by atoms with E-state index < -0.39 is 6.10 Å². The number of methoxy groups -OCH3 is 1. The first-order valence-electron chi connectivity index (χ1n) is 9.84. The van der Waals surface area contributed by atoms with E-state index in [2.05, 4.69) is 23.5 Å². The fourth-order valence-corrected chi connectivity index (χ4v) is 3.60. The van der Waals surface area contributed by atoms with Gasteiger partial charge in [-0.15, -0.1) is 0 Å². The number of fused-ring (bicyclic) bond motifs is 1. The number of rotatable bonds is 7. The molecule has 0 saturated carbocycles. The molecule has 0 heterocycles. The Morgan fingerprint density at radius 2 is 1.78 bits per heavy atom. The molecule has 3 rings (SSSR count). The Morgan fingerprint density at radius 3 is 2.48 bits per heavy atom. The van der Waals surface area contributed by atoms with Crippen LogP contribution in [0.1, 0.15) is 55.8 Å². The van der Waals surface area contributed by atoms with Crippen LogP contribution in [0.25, 0.3) is 0 Å². The standard InChI is InChI=1S/C23H29NO3/c1-4-20(27-22-12-8-7-11-21(22)26-3)23(25)24-16(2)18-14-13-17-9-5-6-10-19(17)15-18/h7-8,11-16,20H,4-6,9-10H2,1-3H3,(H,24,25)/t16-,20-/m0/s1. The lowest BCUT2D eigenvalue weighted by atomic mass is 9.89. The van der Waals surface area contributed by atoms with Gasteiger partial charge in [0.05, 0.1) is 13.2 Å². The number of para-hydroxylation sites is 2. The normalized spacial score (nSPS) is 15.4. The maximum absolute atomic E-state index is 12.8. The first-order chi connectivity index (χ1) is 13.1. The van der Waals surface area contributed by atoms with Gasteiger partial charge in [-0.25, -0.2) is 0 Å². The fraction of sp³-hybridized carbons (Fsp3) is 0.435. The minimum Gasteiger partial charge on any atom is -0.493 e. The van der Waals surface area contributed by atoms with Crippen LogP contribution in [0.5, 0.6) is 11.5 Å². The summed E-state index contributed by atoms with van der Waals surface area (Å²) in [7, 11) is 1.60. The third kappa shape index (κ3) is 4.62. The van der Waals surface area contributed by atoms with Crippen molar-refractivity contribution in [2.75, 3.05) is 7.11 Å². The predicted octanol–water partition coefficient (Wildman–Crippen LogP) is 4.61. The molecule has 0 radical (unpaired) electrons. The number of hydrogen-bond donors (Lipinski definition) is 1. The van der Waals surface area contributed by atoms with Gasteiger partial charge in [0, 0.05) is 0 Å². The van der Waals surface area contributed by atoms with Crippen LogP contribution < -0.4 is 14.8 Å². The van der Waals surface area contributed by atoms with Crippen LogP contribution in [0.3, 0.4) is 0 Å². The smallest absolute Gasteiger partial charge is 0.261 e. The van der Waals surface area contributed by atoms with E-state index in [9.17, 15) is 4.79 Å². The topological polar surface area (TPSA) is 47.6 Å². The molecule has 27 heavy (non-hydrogen) atoms. The van der Waals surface area contributed by atoms with Gasteiger partial charge < -0.3 is 14.8 Å². The van der Waals surface area contributed by atoms with Crippen molar-refractivity contribution in [1.82, 2.24) is 5.32 Å². The molecule has 4 heteroatoms. The van der Waals surface area contributed by atoms with Gasteiger partial charge in [0.25, 0.3) is 5.91 Å². The summed E-state index contributed by atoms with van der Waals surface area (Å²) in [6, 6.07) is 14.0. The molecule has 2 aromatic carbocycles. The van der Waals surface area contributed by atoms with Crippen LogP contribution in [0.15, 0.2) is 42.5 Å². The van der Waals surface area contributed by atoms with Crippen molar-refractivity contribution in [3.05, 3.63) is 59.2 Å². The van der Waals surface area contributed by atoms with Crippen molar-refractivity contribution in [1.29, 1.82) is 0 Å². The summed E-state index contributed by atoms with van der Waals surface area (Å²) in [4.78, 5) is 12.8. The quantitative estimate of drug-likeness (QED) is 0.777. The van der Waals surface area contributed by atoms with E-state index >= 15 is 0 Å². The molecule has 1 amide bonds. The lowest BCUT2D eigenvalue weighted by molar-refractivity contribution is -0.128. The SMILES string of the molecule is CC[C@H](Oc1ccccc1OC)C(=O)N[C@@H](C)c1ccc2c(c1)CCCC2. The van der Waals surface area contributed by atoms with E-state index in [1.54, 1.807) is 7.11 Å². The van der Waals surface area contributed by atoms with Crippen molar-refractivity contribution in [3.8, 4) is 11.5 Å². The van der Waals surface area contributed by atoms with E-state index in [-0.39, 0.29) is 11.9 Å². The third-order valence-electron chi connectivity index (χ3n) is 5.23. The van der Waals surface area contributed by atoms with Crippen molar-refractivity contribution < 1.29 is 14.3 Å². The average molecular weight is 367 g/mol. The molecule has 0 aliphatic heterocycles. The van der Waals surface area contributed by atoms with E-state index in [0.29, 0.717) is 17.9 Å². The molecule has 1 N–H and O–H groups in total. The summed E-state index contributed by atoms with van der Waals surface area (Å²) < 4.78 is 11.3. The molecule has 0 spiro atoms. The Balaban J connectivity index is 1.67. The van der Waals surface area contributed by atoms with Crippen molar-refractivity contribution in [2.24, 2.45) is 0 Å². The second kappa shape index (κ2) is 8.94. The van der Waals surface area contributed by atoms with Gasteiger partial charge in [-0.2, -0.15) is 0 Å². The fourth-order valence-electron chi connectivity index (χ4n) is 3.60. The summed E-state index contributed by atoms with van der Waals surface area (Å²) >= 11 is 0. The van der Waals surface area contributed by atoms with Crippen LogP contribution >= 0.6 is 0 Å². The number of aryl methyl sites for hydroxylation is 2. The molecule has 0 bridgehead atoms. The molecule has 0 aromatic heterocycles. The third-order valence-corrected chi connectivity index (χ3v) is 5.23. The Labute approximate surface area is 161 Å². The summed E-state index contributed by atoms with van der Waals surface area (Å²) in [5.41, 5.74) is 4.03. The zero-order chi connectivity index (χ0) is 19.2. The minimum absolute atomic E-state index is 0.0555. The van der Waals surface area contributed by atoms with Crippen molar-refractivity contribution >= 4 is 5.91 Å². The second-order valence-corrected chi connectivity index (χ2v) is 7.13. The first kappa shape index (κ1) is 19.3. The average Bonchev–Trinajstić information content (AvgIpc) is 2.71. The molecule has 144 valence electrons. The Morgan fingerprint density at radius 1 is 1.07 bits per heavy atom. The van der Waals surface area contributed by atoms with E-state index in [0.717, 1.165) is 12.0 Å². The summed E-state index contributed by atoms with van der Waals surface area (Å²) in [5.74, 6) is 1.11. The highest BCUT2D eigenvalue weighted by molar-refractivity contribution is 5.81. The highest BCUT2D eigenvalue weighted by Crippen LogP contribution is 2.28. The molecular formula is C23H29NO3. The lowest BCUT2D eigenvalue weighted by Gasteiger charge is -2.23. The van der Waals surface area contributed by atoms with Gasteiger partial charge >= 0.3 is 0 Å². The number of ether oxygens (including phenoxy) is 2. The highest BCUT2D eigenvalue weighted by Gasteiger charge is 2.22. The number of benzene rings is 2. The van der Waals surface area contributed by atoms with Gasteiger partial charge in [-0.1, -0.05) is 37.3 Å². The van der Waals surface area contributed by atoms with Crippen LogP contribution in [0, 0.1) is 0 Å². The van der Waals surface area contributed by atoms with Crippen LogP contribution in [0.4, 0.5) is 0 Å². The molecule has 2 atom stereocenters. The van der Waals surface area contributed by atoms with Crippen LogP contribution in [0.2, 0.25) is 0 Å². The number of amides is 1. The summed E-state index contributed by atoms with van der Waals surface area (Å²) in [6.45, 7) is 3.97. The molecule has 1 aliphatic rings. The van der Waals surface area contributed by atoms with E-state index in [4.69, 9.17) is 9.47 Å². The molecule has 0 fully saturated rings. The Bertz CT molecular complexity index is 787. The molecule has 0 unspecified atom stereocenters. The first-order valence-corrected chi connectivity index (χ1v) is 9.84. The maximum atomic E-state index is 12.8. The molecular weight excluding hydrogens is 338 g/mol. The molecule has 1 aliphatic carbocycles. The zero-order valence-electron chi connectivity index (χ0n) is 16.5. The van der Waals surface area contributed by atoms with E-state index in [1.807, 2.05) is 38.1 Å². The number of hydrogen-bond acceptors (Lipinski definition) is 3. The second-order valence-electron chi connectivity index (χ2n) is 7.13. The van der Waals surface area contributed by atoms with Crippen LogP contribution in [-0.4, -0.2) is 19.1 Å². The van der Waals surface area contributed by atoms with Crippen LogP contribution in [-0.2, 0) is 17.6 Å². The molecule has 2 aromatic rings. The maximum Gasteiger partial charge on any atom is 0.261 e. The predicted molar refractivity (Wildman–Crippen MR) is 107 cm³/mol. The van der Waals surface area contributed by atoms with Gasteiger partial charge in [0.2, 0.25) is 0 Å². The molecule has 0 saturated heterocycles. The van der Waals surface area contributed by atoms with Gasteiger partial charge in [0.15, 0.2) is 17.6 Å². The summed E-state index contributed by atoms with van der Waals surface area (Å²) in [6.07, 6.45) is 4.86.